The monoisotopic (exact) mass is 302 g/mol. The van der Waals surface area contributed by atoms with E-state index in [0.29, 0.717) is 6.61 Å². The Balaban J connectivity index is 2.93. The number of ether oxygens (including phenoxy) is 1. The molecule has 0 aromatic heterocycles. The van der Waals surface area contributed by atoms with Gasteiger partial charge in [-0.05, 0) is 6.42 Å². The first-order chi connectivity index (χ1) is 10.3. The van der Waals surface area contributed by atoms with Gasteiger partial charge in [0.05, 0.1) is 0 Å². The molecule has 126 valence electrons. The summed E-state index contributed by atoms with van der Waals surface area (Å²) in [5.74, 6) is 0. The maximum Gasteiger partial charge on any atom is 0.635 e. The molecule has 0 aromatic carbocycles. The molecule has 2 N–H and O–H groups in total. The van der Waals surface area contributed by atoms with E-state index in [0.717, 1.165) is 6.42 Å². The van der Waals surface area contributed by atoms with Crippen molar-refractivity contribution in [2.45, 2.75) is 90.4 Å². The highest BCUT2D eigenvalue weighted by Gasteiger charge is 2.06. The van der Waals surface area contributed by atoms with Gasteiger partial charge in [-0.25, -0.2) is 0 Å². The van der Waals surface area contributed by atoms with Crippen molar-refractivity contribution in [3.8, 4) is 0 Å². The predicted molar refractivity (Wildman–Crippen MR) is 87.8 cm³/mol. The number of hydrogen-bond donors (Lipinski definition) is 2. The Kier molecular flexibility index (Phi) is 17.9. The predicted octanol–water partition coefficient (Wildman–Crippen LogP) is 4.04. The average molecular weight is 302 g/mol. The first kappa shape index (κ1) is 20.9. The highest BCUT2D eigenvalue weighted by Crippen LogP contribution is 2.12. The molecule has 0 saturated carbocycles. The van der Waals surface area contributed by atoms with Crippen LogP contribution in [0.5, 0.6) is 0 Å². The zero-order valence-corrected chi connectivity index (χ0v) is 13.9. The van der Waals surface area contributed by atoms with Crippen LogP contribution < -0.4 is 0 Å². The van der Waals surface area contributed by atoms with E-state index in [2.05, 4.69) is 11.6 Å². The molecule has 0 amide bonds. The minimum Gasteiger partial charge on any atom is -0.402 e. The topological polar surface area (TPSA) is 58.9 Å². The normalized spacial score (nSPS) is 11.0. The molecule has 0 aliphatic carbocycles. The van der Waals surface area contributed by atoms with Crippen LogP contribution in [0.2, 0.25) is 0 Å². The number of rotatable bonds is 17. The first-order valence-corrected chi connectivity index (χ1v) is 8.83. The van der Waals surface area contributed by atoms with E-state index in [1.807, 2.05) is 0 Å². The van der Waals surface area contributed by atoms with Crippen molar-refractivity contribution in [2.75, 3.05) is 13.4 Å². The van der Waals surface area contributed by atoms with Crippen LogP contribution in [-0.4, -0.2) is 30.8 Å². The maximum atomic E-state index is 8.42. The van der Waals surface area contributed by atoms with E-state index in [4.69, 9.17) is 14.8 Å². The smallest absolute Gasteiger partial charge is 0.402 e. The molecule has 21 heavy (non-hydrogen) atoms. The van der Waals surface area contributed by atoms with E-state index in [1.165, 1.54) is 77.0 Å². The van der Waals surface area contributed by atoms with Crippen LogP contribution in [0.4, 0.5) is 0 Å². The molecule has 0 rings (SSSR count). The largest absolute Gasteiger partial charge is 0.635 e. The van der Waals surface area contributed by atoms with E-state index in [1.54, 1.807) is 0 Å². The second-order valence-electron chi connectivity index (χ2n) is 5.76. The minimum absolute atomic E-state index is 0.0457. The second-order valence-corrected chi connectivity index (χ2v) is 5.76. The fourth-order valence-electron chi connectivity index (χ4n) is 2.39. The van der Waals surface area contributed by atoms with Crippen LogP contribution in [0.1, 0.15) is 90.4 Å². The Labute approximate surface area is 131 Å². The Bertz CT molecular complexity index is 191. The summed E-state index contributed by atoms with van der Waals surface area (Å²) < 4.78 is 9.55. The zero-order chi connectivity index (χ0) is 15.6. The second kappa shape index (κ2) is 18.0. The van der Waals surface area contributed by atoms with Crippen molar-refractivity contribution in [3.63, 3.8) is 0 Å². The summed E-state index contributed by atoms with van der Waals surface area (Å²) in [5, 5.41) is 16.8. The van der Waals surface area contributed by atoms with Gasteiger partial charge in [-0.15, -0.1) is 0 Å². The van der Waals surface area contributed by atoms with E-state index in [-0.39, 0.29) is 6.79 Å². The van der Waals surface area contributed by atoms with Crippen LogP contribution in [-0.2, 0) is 9.39 Å². The fraction of sp³-hybridized carbons (Fsp3) is 1.00. The number of unbranched alkanes of at least 4 members (excludes halogenated alkanes) is 12. The SMILES string of the molecule is CCCCCCCCCCCCCCCOCOB(O)O. The van der Waals surface area contributed by atoms with Crippen molar-refractivity contribution in [2.24, 2.45) is 0 Å². The summed E-state index contributed by atoms with van der Waals surface area (Å²) in [6, 6.07) is 0. The Morgan fingerprint density at radius 3 is 1.52 bits per heavy atom. The molecular formula is C16H35BO4. The molecule has 0 aliphatic heterocycles. The molecule has 0 aromatic rings. The van der Waals surface area contributed by atoms with Crippen molar-refractivity contribution >= 4 is 7.32 Å². The van der Waals surface area contributed by atoms with E-state index in [9.17, 15) is 0 Å². The molecule has 0 aliphatic rings. The minimum atomic E-state index is -1.73. The van der Waals surface area contributed by atoms with Crippen LogP contribution in [0.15, 0.2) is 0 Å². The Hall–Kier alpha value is -0.0951. The van der Waals surface area contributed by atoms with Gasteiger partial charge in [0, 0.05) is 6.61 Å². The van der Waals surface area contributed by atoms with Crippen molar-refractivity contribution in [1.82, 2.24) is 0 Å². The van der Waals surface area contributed by atoms with Crippen molar-refractivity contribution < 1.29 is 19.4 Å². The van der Waals surface area contributed by atoms with Gasteiger partial charge in [-0.2, -0.15) is 0 Å². The third-order valence-electron chi connectivity index (χ3n) is 3.69. The van der Waals surface area contributed by atoms with Crippen LogP contribution >= 0.6 is 0 Å². The Morgan fingerprint density at radius 2 is 1.10 bits per heavy atom. The summed E-state index contributed by atoms with van der Waals surface area (Å²) >= 11 is 0. The molecule has 5 heteroatoms. The third-order valence-corrected chi connectivity index (χ3v) is 3.69. The highest BCUT2D eigenvalue weighted by molar-refractivity contribution is 6.32. The van der Waals surface area contributed by atoms with Crippen LogP contribution in [0.3, 0.4) is 0 Å². The highest BCUT2D eigenvalue weighted by atomic mass is 16.7. The van der Waals surface area contributed by atoms with Crippen LogP contribution in [0, 0.1) is 0 Å². The molecule has 0 spiro atoms. The standard InChI is InChI=1S/C16H35BO4/c1-2-3-4-5-6-7-8-9-10-11-12-13-14-15-20-16-21-17(18)19/h18-19H,2-16H2,1H3. The van der Waals surface area contributed by atoms with Gasteiger partial charge in [-0.3, -0.25) is 0 Å². The molecule has 0 fully saturated rings. The van der Waals surface area contributed by atoms with E-state index >= 15 is 0 Å². The lowest BCUT2D eigenvalue weighted by atomic mass is 10.0. The summed E-state index contributed by atoms with van der Waals surface area (Å²) in [6.45, 7) is 2.85. The summed E-state index contributed by atoms with van der Waals surface area (Å²) in [6.07, 6.45) is 17.3. The van der Waals surface area contributed by atoms with E-state index < -0.39 is 7.32 Å². The van der Waals surface area contributed by atoms with Crippen molar-refractivity contribution in [3.05, 3.63) is 0 Å². The average Bonchev–Trinajstić information content (AvgIpc) is 2.46. The Morgan fingerprint density at radius 1 is 0.667 bits per heavy atom. The lowest BCUT2D eigenvalue weighted by molar-refractivity contribution is -0.0121. The molecule has 0 heterocycles. The van der Waals surface area contributed by atoms with Gasteiger partial charge in [0.25, 0.3) is 0 Å². The van der Waals surface area contributed by atoms with Crippen molar-refractivity contribution in [1.29, 1.82) is 0 Å². The quantitative estimate of drug-likeness (QED) is 0.242. The first-order valence-electron chi connectivity index (χ1n) is 8.83. The lowest BCUT2D eigenvalue weighted by Gasteiger charge is -2.05. The summed E-state index contributed by atoms with van der Waals surface area (Å²) in [7, 11) is -1.73. The lowest BCUT2D eigenvalue weighted by Crippen LogP contribution is -2.18. The summed E-state index contributed by atoms with van der Waals surface area (Å²) in [4.78, 5) is 0. The van der Waals surface area contributed by atoms with Gasteiger partial charge >= 0.3 is 7.32 Å². The molecule has 0 radical (unpaired) electrons. The zero-order valence-electron chi connectivity index (χ0n) is 13.9. The van der Waals surface area contributed by atoms with Gasteiger partial charge in [0.2, 0.25) is 0 Å². The van der Waals surface area contributed by atoms with Gasteiger partial charge < -0.3 is 19.4 Å². The van der Waals surface area contributed by atoms with Gasteiger partial charge in [0.1, 0.15) is 6.79 Å². The fourth-order valence-corrected chi connectivity index (χ4v) is 2.39. The van der Waals surface area contributed by atoms with Gasteiger partial charge in [0.15, 0.2) is 0 Å². The molecule has 4 nitrogen and oxygen atoms in total. The van der Waals surface area contributed by atoms with Gasteiger partial charge in [-0.1, -0.05) is 84.0 Å². The molecule has 0 atom stereocenters. The van der Waals surface area contributed by atoms with Crippen LogP contribution in [0.25, 0.3) is 0 Å². The molecular weight excluding hydrogens is 267 g/mol. The molecule has 0 saturated heterocycles. The molecule has 0 unspecified atom stereocenters. The maximum absolute atomic E-state index is 8.42. The molecule has 0 bridgehead atoms. The third kappa shape index (κ3) is 19.9. The number of hydrogen-bond acceptors (Lipinski definition) is 4. The summed E-state index contributed by atoms with van der Waals surface area (Å²) in [5.41, 5.74) is 0.